The highest BCUT2D eigenvalue weighted by Gasteiger charge is 2.27. The molecule has 6 nitrogen and oxygen atoms in total. The lowest BCUT2D eigenvalue weighted by Crippen LogP contribution is -2.46. The quantitative estimate of drug-likeness (QED) is 0.769. The van der Waals surface area contributed by atoms with Crippen LogP contribution >= 0.6 is 0 Å². The fraction of sp³-hybridized carbons (Fsp3) is 0.364. The van der Waals surface area contributed by atoms with Gasteiger partial charge in [-0.15, -0.1) is 0 Å². The lowest BCUT2D eigenvalue weighted by molar-refractivity contribution is -0.143. The van der Waals surface area contributed by atoms with E-state index >= 15 is 0 Å². The van der Waals surface area contributed by atoms with Crippen LogP contribution in [0.15, 0.2) is 54.6 Å². The summed E-state index contributed by atoms with van der Waals surface area (Å²) in [6.45, 7) is 2.40. The number of amides is 2. The average molecular weight is 382 g/mol. The van der Waals surface area contributed by atoms with Crippen molar-refractivity contribution >= 4 is 12.0 Å². The van der Waals surface area contributed by atoms with E-state index in [0.717, 1.165) is 23.1 Å². The SMILES string of the molecule is O=C(O)C1CCCN(C(=O)NCc2ccc(COCc3ccccc3)cc2)C1. The van der Waals surface area contributed by atoms with Gasteiger partial charge in [0.2, 0.25) is 0 Å². The van der Waals surface area contributed by atoms with E-state index < -0.39 is 11.9 Å². The number of carboxylic acids is 1. The van der Waals surface area contributed by atoms with E-state index in [9.17, 15) is 9.59 Å². The number of likely N-dealkylation sites (tertiary alicyclic amines) is 1. The predicted octanol–water partition coefficient (Wildman–Crippen LogP) is 3.41. The highest BCUT2D eigenvalue weighted by atomic mass is 16.5. The van der Waals surface area contributed by atoms with E-state index in [-0.39, 0.29) is 12.6 Å². The summed E-state index contributed by atoms with van der Waals surface area (Å²) in [5.41, 5.74) is 3.21. The zero-order valence-corrected chi connectivity index (χ0v) is 15.8. The van der Waals surface area contributed by atoms with E-state index in [1.165, 1.54) is 0 Å². The van der Waals surface area contributed by atoms with E-state index in [4.69, 9.17) is 9.84 Å². The Morgan fingerprint density at radius 2 is 1.64 bits per heavy atom. The molecule has 28 heavy (non-hydrogen) atoms. The second-order valence-corrected chi connectivity index (χ2v) is 7.08. The van der Waals surface area contributed by atoms with Crippen LogP contribution < -0.4 is 5.32 Å². The van der Waals surface area contributed by atoms with Gasteiger partial charge in [0, 0.05) is 19.6 Å². The van der Waals surface area contributed by atoms with Gasteiger partial charge >= 0.3 is 12.0 Å². The summed E-state index contributed by atoms with van der Waals surface area (Å²) in [5.74, 6) is -1.29. The first-order chi connectivity index (χ1) is 13.6. The first-order valence-corrected chi connectivity index (χ1v) is 9.57. The lowest BCUT2D eigenvalue weighted by Gasteiger charge is -2.30. The summed E-state index contributed by atoms with van der Waals surface area (Å²) in [7, 11) is 0. The Labute approximate surface area is 165 Å². The summed E-state index contributed by atoms with van der Waals surface area (Å²) in [6.07, 6.45) is 1.36. The highest BCUT2D eigenvalue weighted by Crippen LogP contribution is 2.16. The monoisotopic (exact) mass is 382 g/mol. The molecule has 0 aliphatic carbocycles. The Kier molecular flexibility index (Phi) is 7.03. The molecule has 1 fully saturated rings. The lowest BCUT2D eigenvalue weighted by atomic mass is 9.99. The smallest absolute Gasteiger partial charge is 0.317 e. The molecule has 0 saturated carbocycles. The number of benzene rings is 2. The summed E-state index contributed by atoms with van der Waals surface area (Å²) in [4.78, 5) is 25.0. The van der Waals surface area contributed by atoms with Crippen molar-refractivity contribution in [2.24, 2.45) is 5.92 Å². The fourth-order valence-corrected chi connectivity index (χ4v) is 3.27. The van der Waals surface area contributed by atoms with Crippen molar-refractivity contribution in [2.75, 3.05) is 13.1 Å². The Morgan fingerprint density at radius 1 is 1.00 bits per heavy atom. The van der Waals surface area contributed by atoms with Crippen LogP contribution in [0.3, 0.4) is 0 Å². The maximum atomic E-state index is 12.3. The fourth-order valence-electron chi connectivity index (χ4n) is 3.27. The number of ether oxygens (including phenoxy) is 1. The summed E-state index contributed by atoms with van der Waals surface area (Å²) in [5, 5.41) is 12.0. The van der Waals surface area contributed by atoms with Crippen LogP contribution in [0.2, 0.25) is 0 Å². The van der Waals surface area contributed by atoms with Gasteiger partial charge in [0.25, 0.3) is 0 Å². The van der Waals surface area contributed by atoms with Crippen molar-refractivity contribution in [1.29, 1.82) is 0 Å². The van der Waals surface area contributed by atoms with E-state index in [1.54, 1.807) is 4.90 Å². The molecule has 0 spiro atoms. The molecule has 148 valence electrons. The van der Waals surface area contributed by atoms with Crippen molar-refractivity contribution in [3.05, 3.63) is 71.3 Å². The minimum absolute atomic E-state index is 0.207. The first kappa shape index (κ1) is 19.9. The van der Waals surface area contributed by atoms with Crippen LogP contribution in [0.5, 0.6) is 0 Å². The van der Waals surface area contributed by atoms with Crippen LogP contribution in [0.4, 0.5) is 4.79 Å². The van der Waals surface area contributed by atoms with Crippen molar-refractivity contribution in [1.82, 2.24) is 10.2 Å². The molecule has 2 N–H and O–H groups in total. The molecule has 2 aromatic carbocycles. The van der Waals surface area contributed by atoms with Gasteiger partial charge in [0.1, 0.15) is 0 Å². The van der Waals surface area contributed by atoms with Crippen molar-refractivity contribution < 1.29 is 19.4 Å². The third kappa shape index (κ3) is 5.82. The van der Waals surface area contributed by atoms with Crippen molar-refractivity contribution in [3.8, 4) is 0 Å². The van der Waals surface area contributed by atoms with Gasteiger partial charge in [0.15, 0.2) is 0 Å². The summed E-state index contributed by atoms with van der Waals surface area (Å²) in [6, 6.07) is 17.8. The van der Waals surface area contributed by atoms with E-state index in [1.807, 2.05) is 54.6 Å². The number of rotatable bonds is 7. The van der Waals surface area contributed by atoms with Crippen molar-refractivity contribution in [2.45, 2.75) is 32.6 Å². The molecule has 0 bridgehead atoms. The van der Waals surface area contributed by atoms with Gasteiger partial charge < -0.3 is 20.1 Å². The number of hydrogen-bond donors (Lipinski definition) is 2. The third-order valence-corrected chi connectivity index (χ3v) is 4.90. The third-order valence-electron chi connectivity index (χ3n) is 4.90. The molecule has 1 atom stereocenters. The molecule has 2 aromatic rings. The van der Waals surface area contributed by atoms with Crippen LogP contribution in [-0.4, -0.2) is 35.1 Å². The average Bonchev–Trinajstić information content (AvgIpc) is 2.74. The molecule has 2 amide bonds. The van der Waals surface area contributed by atoms with Crippen molar-refractivity contribution in [3.63, 3.8) is 0 Å². The first-order valence-electron chi connectivity index (χ1n) is 9.57. The number of hydrogen-bond acceptors (Lipinski definition) is 3. The number of urea groups is 1. The van der Waals surface area contributed by atoms with Crippen LogP contribution in [0.25, 0.3) is 0 Å². The zero-order valence-electron chi connectivity index (χ0n) is 15.8. The minimum atomic E-state index is -0.831. The molecule has 6 heteroatoms. The molecule has 0 aromatic heterocycles. The highest BCUT2D eigenvalue weighted by molar-refractivity contribution is 5.76. The Bertz CT molecular complexity index is 777. The maximum absolute atomic E-state index is 12.3. The zero-order chi connectivity index (χ0) is 19.8. The second-order valence-electron chi connectivity index (χ2n) is 7.08. The van der Waals surface area contributed by atoms with Gasteiger partial charge in [-0.25, -0.2) is 4.79 Å². The Hall–Kier alpha value is -2.86. The normalized spacial score (nSPS) is 16.6. The Balaban J connectivity index is 1.41. The number of aliphatic carboxylic acids is 1. The van der Waals surface area contributed by atoms with Crippen LogP contribution in [0, 0.1) is 5.92 Å². The second kappa shape index (κ2) is 9.90. The molecule has 1 unspecified atom stereocenters. The van der Waals surface area contributed by atoms with E-state index in [0.29, 0.717) is 32.7 Å². The largest absolute Gasteiger partial charge is 0.481 e. The van der Waals surface area contributed by atoms with E-state index in [2.05, 4.69) is 5.32 Å². The number of carbonyl (C=O) groups excluding carboxylic acids is 1. The summed E-state index contributed by atoms with van der Waals surface area (Å²) >= 11 is 0. The number of piperidine rings is 1. The van der Waals surface area contributed by atoms with Gasteiger partial charge in [-0.05, 0) is 29.5 Å². The minimum Gasteiger partial charge on any atom is -0.481 e. The Morgan fingerprint density at radius 3 is 2.32 bits per heavy atom. The predicted molar refractivity (Wildman–Crippen MR) is 106 cm³/mol. The van der Waals surface area contributed by atoms with Crippen LogP contribution in [0.1, 0.15) is 29.5 Å². The molecule has 1 aliphatic rings. The molecule has 3 rings (SSSR count). The molecule has 0 radical (unpaired) electrons. The molecular formula is C22H26N2O4. The molecule has 1 aliphatic heterocycles. The molecular weight excluding hydrogens is 356 g/mol. The molecule has 1 heterocycles. The number of nitrogens with zero attached hydrogens (tertiary/aromatic N) is 1. The standard InChI is InChI=1S/C22H26N2O4/c25-21(26)20-7-4-12-24(14-20)22(27)23-13-17-8-10-19(11-9-17)16-28-15-18-5-2-1-3-6-18/h1-3,5-6,8-11,20H,4,7,12-16H2,(H,23,27)(H,25,26). The topological polar surface area (TPSA) is 78.9 Å². The van der Waals surface area contributed by atoms with Gasteiger partial charge in [-0.3, -0.25) is 4.79 Å². The number of carbonyl (C=O) groups is 2. The van der Waals surface area contributed by atoms with Gasteiger partial charge in [0.05, 0.1) is 19.1 Å². The van der Waals surface area contributed by atoms with Gasteiger partial charge in [-0.1, -0.05) is 54.6 Å². The van der Waals surface area contributed by atoms with Crippen LogP contribution in [-0.2, 0) is 29.3 Å². The summed E-state index contributed by atoms with van der Waals surface area (Å²) < 4.78 is 5.73. The molecule has 1 saturated heterocycles. The van der Waals surface area contributed by atoms with Gasteiger partial charge in [-0.2, -0.15) is 0 Å². The number of carboxylic acid groups (broad SMARTS) is 1. The number of nitrogens with one attached hydrogen (secondary N) is 1. The maximum Gasteiger partial charge on any atom is 0.317 e.